The van der Waals surface area contributed by atoms with Gasteiger partial charge in [-0.25, -0.2) is 8.42 Å². The predicted molar refractivity (Wildman–Crippen MR) is 65.7 cm³/mol. The molecule has 18 heavy (non-hydrogen) atoms. The molecule has 0 aromatic heterocycles. The Morgan fingerprint density at radius 1 is 1.33 bits per heavy atom. The van der Waals surface area contributed by atoms with Crippen LogP contribution >= 0.6 is 0 Å². The highest BCUT2D eigenvalue weighted by Crippen LogP contribution is 2.18. The van der Waals surface area contributed by atoms with E-state index in [1.807, 2.05) is 0 Å². The van der Waals surface area contributed by atoms with E-state index in [-0.39, 0.29) is 37.0 Å². The summed E-state index contributed by atoms with van der Waals surface area (Å²) in [5.74, 6) is -0.694. The average molecular weight is 277 g/mol. The summed E-state index contributed by atoms with van der Waals surface area (Å²) in [6.45, 7) is 3.45. The number of carbonyl (C=O) groups is 2. The second-order valence-electron chi connectivity index (χ2n) is 4.24. The highest BCUT2D eigenvalue weighted by Gasteiger charge is 2.35. The van der Waals surface area contributed by atoms with E-state index in [1.54, 1.807) is 13.8 Å². The summed E-state index contributed by atoms with van der Waals surface area (Å²) < 4.78 is 27.6. The second kappa shape index (κ2) is 6.17. The first-order chi connectivity index (χ1) is 8.39. The van der Waals surface area contributed by atoms with Crippen molar-refractivity contribution in [2.75, 3.05) is 24.7 Å². The molecule has 6 nitrogen and oxygen atoms in total. The third-order valence-corrected chi connectivity index (χ3v) is 4.63. The molecule has 0 bridgehead atoms. The average Bonchev–Trinajstić information content (AvgIpc) is 2.66. The monoisotopic (exact) mass is 277 g/mol. The molecule has 1 unspecified atom stereocenters. The lowest BCUT2D eigenvalue weighted by molar-refractivity contribution is -0.150. The fraction of sp³-hybridized carbons (Fsp3) is 0.818. The van der Waals surface area contributed by atoms with Crippen LogP contribution in [0, 0.1) is 0 Å². The Bertz CT molecular complexity index is 417. The van der Waals surface area contributed by atoms with Crippen LogP contribution in [-0.4, -0.2) is 55.9 Å². The van der Waals surface area contributed by atoms with E-state index in [2.05, 4.69) is 0 Å². The van der Waals surface area contributed by atoms with Crippen molar-refractivity contribution in [2.45, 2.75) is 32.7 Å². The van der Waals surface area contributed by atoms with Crippen LogP contribution < -0.4 is 0 Å². The van der Waals surface area contributed by atoms with Gasteiger partial charge in [0.2, 0.25) is 5.91 Å². The number of amides is 1. The molecule has 7 heteroatoms. The molecule has 1 aliphatic rings. The number of carbonyl (C=O) groups excluding carboxylic acids is 2. The Hall–Kier alpha value is -1.11. The summed E-state index contributed by atoms with van der Waals surface area (Å²) in [4.78, 5) is 24.5. The first-order valence-corrected chi connectivity index (χ1v) is 7.87. The van der Waals surface area contributed by atoms with Crippen molar-refractivity contribution in [2.24, 2.45) is 0 Å². The van der Waals surface area contributed by atoms with Crippen LogP contribution in [0.2, 0.25) is 0 Å². The summed E-state index contributed by atoms with van der Waals surface area (Å²) in [6, 6.07) is -0.396. The number of nitrogens with zero attached hydrogens (tertiary/aromatic N) is 1. The highest BCUT2D eigenvalue weighted by molar-refractivity contribution is 7.91. The lowest BCUT2D eigenvalue weighted by Gasteiger charge is -2.26. The van der Waals surface area contributed by atoms with E-state index in [9.17, 15) is 18.0 Å². The molecule has 1 rings (SSSR count). The van der Waals surface area contributed by atoms with Crippen LogP contribution in [0.4, 0.5) is 0 Å². The SMILES string of the molecule is CCOC(=O)CN(C(=O)CC)C1CCS(=O)(=O)C1. The van der Waals surface area contributed by atoms with Gasteiger partial charge in [0.15, 0.2) is 9.84 Å². The second-order valence-corrected chi connectivity index (χ2v) is 6.47. The molecule has 1 heterocycles. The first-order valence-electron chi connectivity index (χ1n) is 6.05. The van der Waals surface area contributed by atoms with Crippen LogP contribution in [-0.2, 0) is 24.2 Å². The van der Waals surface area contributed by atoms with Crippen LogP contribution in [0.3, 0.4) is 0 Å². The van der Waals surface area contributed by atoms with E-state index in [4.69, 9.17) is 4.74 Å². The minimum Gasteiger partial charge on any atom is -0.465 e. The topological polar surface area (TPSA) is 80.8 Å². The van der Waals surface area contributed by atoms with Gasteiger partial charge in [0.25, 0.3) is 0 Å². The number of esters is 1. The summed E-state index contributed by atoms with van der Waals surface area (Å²) >= 11 is 0. The fourth-order valence-electron chi connectivity index (χ4n) is 1.99. The van der Waals surface area contributed by atoms with Gasteiger partial charge in [-0.1, -0.05) is 6.92 Å². The number of hydrogen-bond donors (Lipinski definition) is 0. The van der Waals surface area contributed by atoms with E-state index < -0.39 is 21.8 Å². The van der Waals surface area contributed by atoms with Crippen molar-refractivity contribution < 1.29 is 22.7 Å². The number of sulfone groups is 1. The lowest BCUT2D eigenvalue weighted by Crippen LogP contribution is -2.44. The van der Waals surface area contributed by atoms with Crippen molar-refractivity contribution >= 4 is 21.7 Å². The zero-order chi connectivity index (χ0) is 13.8. The van der Waals surface area contributed by atoms with Gasteiger partial charge in [0.05, 0.1) is 18.1 Å². The molecule has 1 atom stereocenters. The Kier molecular flexibility index (Phi) is 5.13. The fourth-order valence-corrected chi connectivity index (χ4v) is 3.72. The Morgan fingerprint density at radius 3 is 2.44 bits per heavy atom. The minimum atomic E-state index is -3.08. The third-order valence-electron chi connectivity index (χ3n) is 2.88. The highest BCUT2D eigenvalue weighted by atomic mass is 32.2. The smallest absolute Gasteiger partial charge is 0.325 e. The van der Waals surface area contributed by atoms with Crippen molar-refractivity contribution in [3.8, 4) is 0 Å². The summed E-state index contributed by atoms with van der Waals surface area (Å²) in [6.07, 6.45) is 0.642. The first kappa shape index (κ1) is 14.9. The molecule has 0 aliphatic carbocycles. The normalized spacial score (nSPS) is 21.6. The maximum atomic E-state index is 11.8. The molecule has 0 spiro atoms. The van der Waals surface area contributed by atoms with Crippen LogP contribution in [0.25, 0.3) is 0 Å². The van der Waals surface area contributed by atoms with E-state index >= 15 is 0 Å². The molecule has 1 fully saturated rings. The van der Waals surface area contributed by atoms with Gasteiger partial charge in [0.1, 0.15) is 6.54 Å². The maximum Gasteiger partial charge on any atom is 0.325 e. The number of ether oxygens (including phenoxy) is 1. The molecule has 0 saturated carbocycles. The summed E-state index contributed by atoms with van der Waals surface area (Å²) in [5.41, 5.74) is 0. The van der Waals surface area contributed by atoms with E-state index in [1.165, 1.54) is 4.90 Å². The van der Waals surface area contributed by atoms with Gasteiger partial charge in [-0.2, -0.15) is 0 Å². The standard InChI is InChI=1S/C11H19NO5S/c1-3-10(13)12(7-11(14)17-4-2)9-5-6-18(15,16)8-9/h9H,3-8H2,1-2H3. The van der Waals surface area contributed by atoms with Crippen molar-refractivity contribution in [3.05, 3.63) is 0 Å². The summed E-state index contributed by atoms with van der Waals surface area (Å²) in [5, 5.41) is 0. The Morgan fingerprint density at radius 2 is 2.00 bits per heavy atom. The molecule has 0 aromatic carbocycles. The zero-order valence-electron chi connectivity index (χ0n) is 10.7. The van der Waals surface area contributed by atoms with Gasteiger partial charge in [-0.3, -0.25) is 9.59 Å². The molecular weight excluding hydrogens is 258 g/mol. The summed E-state index contributed by atoms with van der Waals surface area (Å²) in [7, 11) is -3.08. The molecule has 0 aromatic rings. The third kappa shape index (κ3) is 3.97. The Balaban J connectivity index is 2.73. The van der Waals surface area contributed by atoms with Gasteiger partial charge < -0.3 is 9.64 Å². The predicted octanol–water partition coefficient (Wildman–Crippen LogP) is -0.0248. The number of hydrogen-bond acceptors (Lipinski definition) is 5. The van der Waals surface area contributed by atoms with Crippen LogP contribution in [0.1, 0.15) is 26.7 Å². The lowest BCUT2D eigenvalue weighted by atomic mass is 10.2. The van der Waals surface area contributed by atoms with Gasteiger partial charge in [0, 0.05) is 12.5 Å². The zero-order valence-corrected chi connectivity index (χ0v) is 11.5. The quantitative estimate of drug-likeness (QED) is 0.659. The van der Waals surface area contributed by atoms with Gasteiger partial charge in [-0.05, 0) is 13.3 Å². The van der Waals surface area contributed by atoms with Crippen LogP contribution in [0.5, 0.6) is 0 Å². The van der Waals surface area contributed by atoms with Crippen molar-refractivity contribution in [3.63, 3.8) is 0 Å². The molecule has 1 aliphatic heterocycles. The molecule has 0 N–H and O–H groups in total. The Labute approximate surface area is 107 Å². The van der Waals surface area contributed by atoms with E-state index in [0.29, 0.717) is 6.42 Å². The van der Waals surface area contributed by atoms with Gasteiger partial charge in [-0.15, -0.1) is 0 Å². The largest absolute Gasteiger partial charge is 0.465 e. The minimum absolute atomic E-state index is 0.0574. The van der Waals surface area contributed by atoms with Crippen molar-refractivity contribution in [1.82, 2.24) is 4.90 Å². The molecule has 1 saturated heterocycles. The molecular formula is C11H19NO5S. The molecule has 1 amide bonds. The van der Waals surface area contributed by atoms with E-state index in [0.717, 1.165) is 0 Å². The molecule has 0 radical (unpaired) electrons. The van der Waals surface area contributed by atoms with Crippen molar-refractivity contribution in [1.29, 1.82) is 0 Å². The number of rotatable bonds is 5. The van der Waals surface area contributed by atoms with Gasteiger partial charge >= 0.3 is 5.97 Å². The van der Waals surface area contributed by atoms with Crippen LogP contribution in [0.15, 0.2) is 0 Å². The molecule has 104 valence electrons. The maximum absolute atomic E-state index is 11.8.